The molecule has 11 heteroatoms. The van der Waals surface area contributed by atoms with Crippen molar-refractivity contribution in [1.82, 2.24) is 20.3 Å². The van der Waals surface area contributed by atoms with Crippen molar-refractivity contribution in [2.75, 3.05) is 29.0 Å². The van der Waals surface area contributed by atoms with Crippen molar-refractivity contribution in [3.63, 3.8) is 0 Å². The standard InChI is InChI=1S/C21H22F3N7O/c1-13-6-7-25-17(10-13)31-19-12-18(28-14(2)29-19)26-8-9-27-20(32)30-16-5-3-4-15(11-16)21(22,23)24/h3-7,10-12H,8-9H2,1-2H3,(H2,27,30,32)(H2,25,26,28,29,31). The van der Waals surface area contributed by atoms with Crippen LogP contribution in [0.1, 0.15) is 17.0 Å². The zero-order valence-corrected chi connectivity index (χ0v) is 17.4. The smallest absolute Gasteiger partial charge is 0.368 e. The normalized spacial score (nSPS) is 11.0. The summed E-state index contributed by atoms with van der Waals surface area (Å²) < 4.78 is 38.3. The highest BCUT2D eigenvalue weighted by Crippen LogP contribution is 2.30. The first kappa shape index (κ1) is 22.8. The number of nitrogens with one attached hydrogen (secondary N) is 4. The third-order valence-corrected chi connectivity index (χ3v) is 4.17. The van der Waals surface area contributed by atoms with Crippen molar-refractivity contribution in [3.05, 3.63) is 65.6 Å². The number of hydrogen-bond acceptors (Lipinski definition) is 6. The Morgan fingerprint density at radius 2 is 1.75 bits per heavy atom. The summed E-state index contributed by atoms with van der Waals surface area (Å²) in [6.45, 7) is 4.27. The van der Waals surface area contributed by atoms with Gasteiger partial charge in [-0.15, -0.1) is 0 Å². The number of carbonyl (C=O) groups excluding carboxylic acids is 1. The first-order chi connectivity index (χ1) is 15.2. The highest BCUT2D eigenvalue weighted by molar-refractivity contribution is 5.89. The van der Waals surface area contributed by atoms with Gasteiger partial charge >= 0.3 is 12.2 Å². The number of nitrogens with zero attached hydrogens (tertiary/aromatic N) is 3. The van der Waals surface area contributed by atoms with Crippen LogP contribution in [-0.2, 0) is 6.18 Å². The van der Waals surface area contributed by atoms with E-state index in [9.17, 15) is 18.0 Å². The third kappa shape index (κ3) is 6.83. The molecule has 0 atom stereocenters. The van der Waals surface area contributed by atoms with Crippen molar-refractivity contribution in [2.24, 2.45) is 0 Å². The van der Waals surface area contributed by atoms with E-state index < -0.39 is 17.8 Å². The molecule has 0 aliphatic rings. The summed E-state index contributed by atoms with van der Waals surface area (Å²) in [5.41, 5.74) is 0.277. The van der Waals surface area contributed by atoms with Gasteiger partial charge in [0.1, 0.15) is 23.3 Å². The van der Waals surface area contributed by atoms with Crippen LogP contribution in [0, 0.1) is 13.8 Å². The molecule has 2 aromatic heterocycles. The van der Waals surface area contributed by atoms with Gasteiger partial charge < -0.3 is 21.3 Å². The lowest BCUT2D eigenvalue weighted by Crippen LogP contribution is -2.32. The molecule has 32 heavy (non-hydrogen) atoms. The van der Waals surface area contributed by atoms with Gasteiger partial charge in [0.05, 0.1) is 5.56 Å². The van der Waals surface area contributed by atoms with E-state index in [1.807, 2.05) is 19.1 Å². The number of benzene rings is 1. The molecule has 0 saturated carbocycles. The molecule has 0 aliphatic heterocycles. The molecule has 4 N–H and O–H groups in total. The van der Waals surface area contributed by atoms with Crippen molar-refractivity contribution < 1.29 is 18.0 Å². The average molecular weight is 445 g/mol. The number of aromatic nitrogens is 3. The molecule has 2 heterocycles. The number of rotatable bonds is 7. The van der Waals surface area contributed by atoms with E-state index in [1.165, 1.54) is 12.1 Å². The number of amides is 2. The average Bonchev–Trinajstić information content (AvgIpc) is 2.70. The second-order valence-electron chi connectivity index (χ2n) is 6.92. The number of pyridine rings is 1. The maximum absolute atomic E-state index is 12.8. The highest BCUT2D eigenvalue weighted by atomic mass is 19.4. The predicted octanol–water partition coefficient (Wildman–Crippen LogP) is 4.48. The van der Waals surface area contributed by atoms with Crippen molar-refractivity contribution in [2.45, 2.75) is 20.0 Å². The number of anilines is 4. The van der Waals surface area contributed by atoms with E-state index in [4.69, 9.17) is 0 Å². The molecule has 2 amide bonds. The summed E-state index contributed by atoms with van der Waals surface area (Å²) in [6, 6.07) is 9.30. The Bertz CT molecular complexity index is 1090. The number of aryl methyl sites for hydroxylation is 2. The van der Waals surface area contributed by atoms with E-state index in [1.54, 1.807) is 19.2 Å². The monoisotopic (exact) mass is 445 g/mol. The molecule has 8 nitrogen and oxygen atoms in total. The van der Waals surface area contributed by atoms with E-state index >= 15 is 0 Å². The number of urea groups is 1. The maximum Gasteiger partial charge on any atom is 0.416 e. The second kappa shape index (κ2) is 9.94. The molecule has 0 spiro atoms. The van der Waals surface area contributed by atoms with Gasteiger partial charge in [-0.25, -0.2) is 19.7 Å². The van der Waals surface area contributed by atoms with Gasteiger partial charge in [0.25, 0.3) is 0 Å². The maximum atomic E-state index is 12.8. The van der Waals surface area contributed by atoms with E-state index in [0.29, 0.717) is 29.8 Å². The van der Waals surface area contributed by atoms with Crippen LogP contribution in [0.15, 0.2) is 48.7 Å². The number of alkyl halides is 3. The van der Waals surface area contributed by atoms with Gasteiger partial charge in [-0.3, -0.25) is 0 Å². The molecule has 0 saturated heterocycles. The van der Waals surface area contributed by atoms with Crippen LogP contribution in [0.2, 0.25) is 0 Å². The van der Waals surface area contributed by atoms with Gasteiger partial charge in [0.2, 0.25) is 0 Å². The van der Waals surface area contributed by atoms with E-state index in [2.05, 4.69) is 36.2 Å². The first-order valence-electron chi connectivity index (χ1n) is 9.70. The fraction of sp³-hybridized carbons (Fsp3) is 0.238. The lowest BCUT2D eigenvalue weighted by Gasteiger charge is -2.12. The minimum atomic E-state index is -4.48. The van der Waals surface area contributed by atoms with Crippen LogP contribution in [0.5, 0.6) is 0 Å². The number of hydrogen-bond donors (Lipinski definition) is 4. The molecule has 0 unspecified atom stereocenters. The quantitative estimate of drug-likeness (QED) is 0.400. The summed E-state index contributed by atoms with van der Waals surface area (Å²) >= 11 is 0. The molecular weight excluding hydrogens is 423 g/mol. The fourth-order valence-electron chi connectivity index (χ4n) is 2.77. The minimum absolute atomic E-state index is 0.0529. The SMILES string of the molecule is Cc1ccnc(Nc2cc(NCCNC(=O)Nc3cccc(C(F)(F)F)c3)nc(C)n2)c1. The van der Waals surface area contributed by atoms with Crippen LogP contribution >= 0.6 is 0 Å². The molecule has 1 aromatic carbocycles. The van der Waals surface area contributed by atoms with Crippen LogP contribution in [0.4, 0.5) is 41.1 Å². The van der Waals surface area contributed by atoms with Crippen LogP contribution in [0.3, 0.4) is 0 Å². The van der Waals surface area contributed by atoms with Gasteiger partial charge in [0.15, 0.2) is 0 Å². The Hall–Kier alpha value is -3.89. The summed E-state index contributed by atoms with van der Waals surface area (Å²) in [7, 11) is 0. The van der Waals surface area contributed by atoms with Gasteiger partial charge in [0, 0.05) is 31.0 Å². The molecule has 168 valence electrons. The molecule has 0 radical (unpaired) electrons. The van der Waals surface area contributed by atoms with Gasteiger partial charge in [-0.05, 0) is 49.7 Å². The highest BCUT2D eigenvalue weighted by Gasteiger charge is 2.30. The Morgan fingerprint density at radius 1 is 0.969 bits per heavy atom. The fourth-order valence-corrected chi connectivity index (χ4v) is 2.77. The van der Waals surface area contributed by atoms with Crippen LogP contribution < -0.4 is 21.3 Å². The summed E-state index contributed by atoms with van der Waals surface area (Å²) in [5.74, 6) is 2.31. The summed E-state index contributed by atoms with van der Waals surface area (Å²) in [6.07, 6.45) is -2.78. The Morgan fingerprint density at radius 3 is 2.50 bits per heavy atom. The number of halogens is 3. The Balaban J connectivity index is 1.49. The lowest BCUT2D eigenvalue weighted by molar-refractivity contribution is -0.137. The molecule has 3 rings (SSSR count). The molecule has 3 aromatic rings. The summed E-state index contributed by atoms with van der Waals surface area (Å²) in [5, 5.41) is 11.1. The van der Waals surface area contributed by atoms with Crippen molar-refractivity contribution >= 4 is 29.2 Å². The zero-order chi connectivity index (χ0) is 23.1. The lowest BCUT2D eigenvalue weighted by atomic mass is 10.2. The van der Waals surface area contributed by atoms with Crippen LogP contribution in [0.25, 0.3) is 0 Å². The van der Waals surface area contributed by atoms with Gasteiger partial charge in [-0.2, -0.15) is 13.2 Å². The van der Waals surface area contributed by atoms with Crippen molar-refractivity contribution in [3.8, 4) is 0 Å². The third-order valence-electron chi connectivity index (χ3n) is 4.17. The number of carbonyl (C=O) groups is 1. The molecule has 0 fully saturated rings. The minimum Gasteiger partial charge on any atom is -0.368 e. The van der Waals surface area contributed by atoms with E-state index in [0.717, 1.165) is 17.7 Å². The second-order valence-corrected chi connectivity index (χ2v) is 6.92. The van der Waals surface area contributed by atoms with Crippen molar-refractivity contribution in [1.29, 1.82) is 0 Å². The largest absolute Gasteiger partial charge is 0.416 e. The van der Waals surface area contributed by atoms with E-state index in [-0.39, 0.29) is 12.2 Å². The zero-order valence-electron chi connectivity index (χ0n) is 17.4. The molecule has 0 bridgehead atoms. The summed E-state index contributed by atoms with van der Waals surface area (Å²) in [4.78, 5) is 24.8. The predicted molar refractivity (Wildman–Crippen MR) is 116 cm³/mol. The Kier molecular flexibility index (Phi) is 7.08. The van der Waals surface area contributed by atoms with Gasteiger partial charge in [-0.1, -0.05) is 6.07 Å². The first-order valence-corrected chi connectivity index (χ1v) is 9.70. The molecule has 0 aliphatic carbocycles. The topological polar surface area (TPSA) is 104 Å². The molecular formula is C21H22F3N7O. The Labute approximate surface area is 182 Å². The van der Waals surface area contributed by atoms with Crippen LogP contribution in [-0.4, -0.2) is 34.1 Å².